The maximum Gasteiger partial charge on any atom is 0.245 e. The Labute approximate surface area is 119 Å². The number of ether oxygens (including phenoxy) is 1. The van der Waals surface area contributed by atoms with Gasteiger partial charge in [-0.05, 0) is 12.1 Å². The minimum Gasteiger partial charge on any atom is -0.396 e. The average Bonchev–Trinajstić information content (AvgIpc) is 2.33. The molecule has 0 atom stereocenters. The number of nitrogens with one attached hydrogen (secondary N) is 1. The number of halogens is 3. The van der Waals surface area contributed by atoms with Crippen LogP contribution in [0.2, 0.25) is 5.02 Å². The first-order valence-corrected chi connectivity index (χ1v) is 7.49. The molecule has 0 saturated carbocycles. The Balaban J connectivity index is 2.25. The lowest BCUT2D eigenvalue weighted by atomic mass is 9.87. The third-order valence-corrected chi connectivity index (χ3v) is 4.95. The number of hydrogen-bond acceptors (Lipinski definition) is 4. The number of rotatable bonds is 5. The summed E-state index contributed by atoms with van der Waals surface area (Å²) in [5.41, 5.74) is -0.733. The van der Waals surface area contributed by atoms with E-state index in [1.807, 2.05) is 0 Å². The first kappa shape index (κ1) is 15.6. The molecule has 2 N–H and O–H groups in total. The van der Waals surface area contributed by atoms with E-state index in [0.29, 0.717) is 0 Å². The third-order valence-electron chi connectivity index (χ3n) is 3.06. The first-order chi connectivity index (χ1) is 9.31. The van der Waals surface area contributed by atoms with Crippen molar-refractivity contribution in [3.63, 3.8) is 0 Å². The highest BCUT2D eigenvalue weighted by Crippen LogP contribution is 2.29. The molecular formula is C11H12ClF2NO4S. The predicted octanol–water partition coefficient (Wildman–Crippen LogP) is 0.905. The van der Waals surface area contributed by atoms with Crippen LogP contribution in [-0.2, 0) is 14.8 Å². The van der Waals surface area contributed by atoms with E-state index in [1.54, 1.807) is 0 Å². The summed E-state index contributed by atoms with van der Waals surface area (Å²) in [6, 6.07) is 1.70. The summed E-state index contributed by atoms with van der Waals surface area (Å²) in [5.74, 6) is -2.84. The fourth-order valence-corrected chi connectivity index (χ4v) is 3.46. The molecule has 1 aromatic carbocycles. The van der Waals surface area contributed by atoms with Gasteiger partial charge < -0.3 is 9.84 Å². The molecule has 0 unspecified atom stereocenters. The Bertz CT molecular complexity index is 614. The number of benzene rings is 1. The van der Waals surface area contributed by atoms with E-state index in [9.17, 15) is 22.3 Å². The van der Waals surface area contributed by atoms with Crippen molar-refractivity contribution in [1.29, 1.82) is 0 Å². The van der Waals surface area contributed by atoms with Gasteiger partial charge in [0.1, 0.15) is 4.90 Å². The number of aliphatic hydroxyl groups is 1. The van der Waals surface area contributed by atoms with Crippen molar-refractivity contribution in [2.24, 2.45) is 5.41 Å². The third kappa shape index (κ3) is 2.79. The number of aliphatic hydroxyl groups excluding tert-OH is 1. The van der Waals surface area contributed by atoms with Gasteiger partial charge in [0, 0.05) is 6.54 Å². The summed E-state index contributed by atoms with van der Waals surface area (Å²) in [5, 5.41) is 8.76. The van der Waals surface area contributed by atoms with Crippen molar-refractivity contribution in [3.8, 4) is 0 Å². The zero-order valence-corrected chi connectivity index (χ0v) is 11.8. The molecule has 1 aliphatic rings. The molecule has 2 rings (SSSR count). The van der Waals surface area contributed by atoms with Crippen LogP contribution in [0.15, 0.2) is 17.0 Å². The molecule has 0 bridgehead atoms. The summed E-state index contributed by atoms with van der Waals surface area (Å²) in [7, 11) is -4.33. The van der Waals surface area contributed by atoms with Gasteiger partial charge in [0.25, 0.3) is 0 Å². The van der Waals surface area contributed by atoms with Crippen LogP contribution in [0.5, 0.6) is 0 Å². The van der Waals surface area contributed by atoms with Crippen molar-refractivity contribution in [2.45, 2.75) is 4.90 Å². The second-order valence-corrected chi connectivity index (χ2v) is 6.76. The van der Waals surface area contributed by atoms with Gasteiger partial charge in [0.05, 0.1) is 30.3 Å². The van der Waals surface area contributed by atoms with Crippen LogP contribution in [0.3, 0.4) is 0 Å². The van der Waals surface area contributed by atoms with Crippen LogP contribution in [0.4, 0.5) is 8.78 Å². The number of sulfonamides is 1. The molecule has 1 fully saturated rings. The van der Waals surface area contributed by atoms with Crippen molar-refractivity contribution in [2.75, 3.05) is 26.4 Å². The van der Waals surface area contributed by atoms with Crippen molar-refractivity contribution >= 4 is 21.6 Å². The molecular weight excluding hydrogens is 316 g/mol. The SMILES string of the molecule is O=S(=O)(NCC1(CO)COC1)c1c(Cl)ccc(F)c1F. The molecule has 0 spiro atoms. The molecule has 0 aromatic heterocycles. The standard InChI is InChI=1S/C11H12ClF2NO4S/c12-7-1-2-8(13)9(14)10(7)20(17,18)15-3-11(4-16)5-19-6-11/h1-2,15-16H,3-6H2. The maximum absolute atomic E-state index is 13.6. The summed E-state index contributed by atoms with van der Waals surface area (Å²) < 4.78 is 57.8. The topological polar surface area (TPSA) is 75.6 Å². The van der Waals surface area contributed by atoms with Gasteiger partial charge in [-0.3, -0.25) is 0 Å². The molecule has 20 heavy (non-hydrogen) atoms. The molecule has 1 aliphatic heterocycles. The lowest BCUT2D eigenvalue weighted by molar-refractivity contribution is -0.132. The number of hydrogen-bond donors (Lipinski definition) is 2. The molecule has 9 heteroatoms. The van der Waals surface area contributed by atoms with E-state index >= 15 is 0 Å². The first-order valence-electron chi connectivity index (χ1n) is 5.63. The van der Waals surface area contributed by atoms with Gasteiger partial charge in [0.2, 0.25) is 10.0 Å². The highest BCUT2D eigenvalue weighted by Gasteiger charge is 2.39. The monoisotopic (exact) mass is 327 g/mol. The van der Waals surface area contributed by atoms with E-state index in [0.717, 1.165) is 12.1 Å². The Morgan fingerprint density at radius 1 is 1.40 bits per heavy atom. The van der Waals surface area contributed by atoms with E-state index in [2.05, 4.69) is 4.72 Å². The Morgan fingerprint density at radius 3 is 2.55 bits per heavy atom. The van der Waals surface area contributed by atoms with Crippen LogP contribution in [0, 0.1) is 17.0 Å². The minimum absolute atomic E-state index is 0.155. The van der Waals surface area contributed by atoms with Crippen molar-refractivity contribution < 1.29 is 27.0 Å². The van der Waals surface area contributed by atoms with Gasteiger partial charge >= 0.3 is 0 Å². The fourth-order valence-electron chi connectivity index (χ4n) is 1.72. The quantitative estimate of drug-likeness (QED) is 0.788. The lowest BCUT2D eigenvalue weighted by Gasteiger charge is -2.39. The van der Waals surface area contributed by atoms with Crippen LogP contribution < -0.4 is 4.72 Å². The molecule has 0 amide bonds. The zero-order valence-electron chi connectivity index (χ0n) is 10.2. The zero-order chi connectivity index (χ0) is 15.0. The van der Waals surface area contributed by atoms with Gasteiger partial charge in [0.15, 0.2) is 11.6 Å². The van der Waals surface area contributed by atoms with Gasteiger partial charge in [-0.2, -0.15) is 0 Å². The highest BCUT2D eigenvalue weighted by molar-refractivity contribution is 7.89. The molecule has 1 saturated heterocycles. The van der Waals surface area contributed by atoms with E-state index in [4.69, 9.17) is 16.3 Å². The molecule has 112 valence electrons. The summed E-state index contributed by atoms with van der Waals surface area (Å²) in [4.78, 5) is -0.938. The van der Waals surface area contributed by atoms with Crippen molar-refractivity contribution in [3.05, 3.63) is 28.8 Å². The summed E-state index contributed by atoms with van der Waals surface area (Å²) in [6.45, 7) is -0.0657. The van der Waals surface area contributed by atoms with E-state index in [-0.39, 0.29) is 26.4 Å². The van der Waals surface area contributed by atoms with Crippen LogP contribution in [-0.4, -0.2) is 39.9 Å². The van der Waals surface area contributed by atoms with E-state index < -0.39 is 37.0 Å². The Hall–Kier alpha value is -0.800. The Morgan fingerprint density at radius 2 is 2.05 bits per heavy atom. The van der Waals surface area contributed by atoms with Gasteiger partial charge in [-0.25, -0.2) is 21.9 Å². The summed E-state index contributed by atoms with van der Waals surface area (Å²) >= 11 is 5.62. The second kappa shape index (κ2) is 5.53. The molecule has 1 heterocycles. The predicted molar refractivity (Wildman–Crippen MR) is 66.9 cm³/mol. The highest BCUT2D eigenvalue weighted by atomic mass is 35.5. The second-order valence-electron chi connectivity index (χ2n) is 4.65. The van der Waals surface area contributed by atoms with Gasteiger partial charge in [-0.15, -0.1) is 0 Å². The maximum atomic E-state index is 13.6. The minimum atomic E-state index is -4.33. The smallest absolute Gasteiger partial charge is 0.245 e. The molecule has 5 nitrogen and oxygen atoms in total. The molecule has 0 aliphatic carbocycles. The molecule has 1 aromatic rings. The largest absolute Gasteiger partial charge is 0.396 e. The van der Waals surface area contributed by atoms with E-state index in [1.165, 1.54) is 0 Å². The average molecular weight is 328 g/mol. The van der Waals surface area contributed by atoms with Crippen LogP contribution >= 0.6 is 11.6 Å². The van der Waals surface area contributed by atoms with Crippen molar-refractivity contribution in [1.82, 2.24) is 4.72 Å². The lowest BCUT2D eigenvalue weighted by Crippen LogP contribution is -2.53. The summed E-state index contributed by atoms with van der Waals surface area (Å²) in [6.07, 6.45) is 0. The van der Waals surface area contributed by atoms with Crippen LogP contribution in [0.25, 0.3) is 0 Å². The fraction of sp³-hybridized carbons (Fsp3) is 0.455. The normalized spacial score (nSPS) is 17.8. The van der Waals surface area contributed by atoms with Gasteiger partial charge in [-0.1, -0.05) is 11.6 Å². The Kier molecular flexibility index (Phi) is 4.31. The molecule has 0 radical (unpaired) electrons. The van der Waals surface area contributed by atoms with Crippen LogP contribution in [0.1, 0.15) is 0 Å².